The molecule has 2 aliphatic heterocycles. The van der Waals surface area contributed by atoms with Crippen molar-refractivity contribution in [3.8, 4) is 17.2 Å². The van der Waals surface area contributed by atoms with Gasteiger partial charge in [0.2, 0.25) is 10.0 Å². The van der Waals surface area contributed by atoms with E-state index in [1.54, 1.807) is 0 Å². The molecule has 0 atom stereocenters. The first-order valence-electron chi connectivity index (χ1n) is 10.1. The predicted molar refractivity (Wildman–Crippen MR) is 110 cm³/mol. The maximum absolute atomic E-state index is 13.1. The van der Waals surface area contributed by atoms with Gasteiger partial charge in [-0.05, 0) is 24.3 Å². The van der Waals surface area contributed by atoms with Crippen molar-refractivity contribution in [1.82, 2.24) is 9.21 Å². The van der Waals surface area contributed by atoms with Crippen molar-refractivity contribution in [2.24, 2.45) is 0 Å². The molecule has 1 fully saturated rings. The van der Waals surface area contributed by atoms with Crippen LogP contribution in [0.5, 0.6) is 17.2 Å². The molecule has 33 heavy (non-hydrogen) atoms. The van der Waals surface area contributed by atoms with Gasteiger partial charge in [-0.25, -0.2) is 8.42 Å². The fourth-order valence-corrected chi connectivity index (χ4v) is 5.01. The van der Waals surface area contributed by atoms with Gasteiger partial charge in [0.25, 0.3) is 5.91 Å². The summed E-state index contributed by atoms with van der Waals surface area (Å²) in [7, 11) is -3.82. The molecule has 1 amide bonds. The Bertz CT molecular complexity index is 1130. The zero-order valence-electron chi connectivity index (χ0n) is 17.4. The number of carbonyl (C=O) groups excluding carboxylic acids is 1. The van der Waals surface area contributed by atoms with Crippen LogP contribution in [0.15, 0.2) is 47.4 Å². The fourth-order valence-electron chi connectivity index (χ4n) is 3.57. The van der Waals surface area contributed by atoms with Gasteiger partial charge in [-0.15, -0.1) is 0 Å². The van der Waals surface area contributed by atoms with Gasteiger partial charge in [-0.3, -0.25) is 4.79 Å². The number of fused-ring (bicyclic) bond motifs is 1. The second-order valence-electron chi connectivity index (χ2n) is 7.37. The highest BCUT2D eigenvalue weighted by molar-refractivity contribution is 7.89. The van der Waals surface area contributed by atoms with E-state index in [9.17, 15) is 26.4 Å². The van der Waals surface area contributed by atoms with Gasteiger partial charge in [-0.2, -0.15) is 17.5 Å². The van der Waals surface area contributed by atoms with Crippen molar-refractivity contribution in [3.05, 3.63) is 48.0 Å². The first kappa shape index (κ1) is 23.2. The molecule has 2 heterocycles. The van der Waals surface area contributed by atoms with Crippen LogP contribution < -0.4 is 14.2 Å². The maximum Gasteiger partial charge on any atom is 0.419 e. The highest BCUT2D eigenvalue weighted by atomic mass is 32.2. The Hall–Kier alpha value is -2.99. The number of amides is 1. The average molecular weight is 486 g/mol. The lowest BCUT2D eigenvalue weighted by atomic mass is 10.2. The van der Waals surface area contributed by atoms with Gasteiger partial charge in [0.15, 0.2) is 18.1 Å². The Labute approximate surface area is 188 Å². The van der Waals surface area contributed by atoms with Gasteiger partial charge in [0.05, 0.1) is 10.5 Å². The maximum atomic E-state index is 13.1. The second-order valence-corrected chi connectivity index (χ2v) is 9.31. The summed E-state index contributed by atoms with van der Waals surface area (Å²) in [6.45, 7) is 0.401. The summed E-state index contributed by atoms with van der Waals surface area (Å²) in [5, 5.41) is 0. The summed E-state index contributed by atoms with van der Waals surface area (Å²) >= 11 is 0. The van der Waals surface area contributed by atoms with Crippen LogP contribution in [-0.4, -0.2) is 69.5 Å². The largest absolute Gasteiger partial charge is 0.486 e. The van der Waals surface area contributed by atoms with Crippen LogP contribution in [0.4, 0.5) is 13.2 Å². The number of alkyl halides is 3. The van der Waals surface area contributed by atoms with Gasteiger partial charge in [-0.1, -0.05) is 12.1 Å². The lowest BCUT2D eigenvalue weighted by Gasteiger charge is -2.34. The smallest absolute Gasteiger partial charge is 0.419 e. The van der Waals surface area contributed by atoms with Gasteiger partial charge in [0, 0.05) is 32.2 Å². The van der Waals surface area contributed by atoms with E-state index in [0.29, 0.717) is 24.7 Å². The molecule has 8 nitrogen and oxygen atoms in total. The minimum Gasteiger partial charge on any atom is -0.486 e. The Balaban J connectivity index is 1.35. The molecule has 178 valence electrons. The lowest BCUT2D eigenvalue weighted by molar-refractivity contribution is -0.141. The number of ether oxygens (including phenoxy) is 3. The third kappa shape index (κ3) is 5.01. The summed E-state index contributed by atoms with van der Waals surface area (Å²) < 4.78 is 82.4. The van der Waals surface area contributed by atoms with E-state index in [1.165, 1.54) is 39.5 Å². The number of nitrogens with zero attached hydrogens (tertiary/aromatic N) is 2. The molecule has 1 saturated heterocycles. The Morgan fingerprint density at radius 3 is 2.33 bits per heavy atom. The number of halogens is 3. The highest BCUT2D eigenvalue weighted by Crippen LogP contribution is 2.36. The number of hydrogen-bond donors (Lipinski definition) is 0. The molecule has 12 heteroatoms. The third-order valence-electron chi connectivity index (χ3n) is 5.29. The SMILES string of the molecule is O=C(COc1ccccc1C(F)(F)F)N1CCN(S(=O)(=O)c2ccc3c(c2)OCCO3)CC1. The van der Waals surface area contributed by atoms with E-state index in [0.717, 1.165) is 12.1 Å². The molecule has 0 aliphatic carbocycles. The molecule has 2 aliphatic rings. The van der Waals surface area contributed by atoms with Crippen LogP contribution in [0, 0.1) is 0 Å². The predicted octanol–water partition coefficient (Wildman–Crippen LogP) is 2.39. The minimum atomic E-state index is -4.60. The molecule has 0 unspecified atom stereocenters. The number of piperazine rings is 1. The molecular formula is C21H21F3N2O6S. The molecule has 0 aromatic heterocycles. The summed E-state index contributed by atoms with van der Waals surface area (Å²) in [4.78, 5) is 13.9. The lowest BCUT2D eigenvalue weighted by Crippen LogP contribution is -2.51. The molecule has 0 radical (unpaired) electrons. The summed E-state index contributed by atoms with van der Waals surface area (Å²) in [5.41, 5.74) is -0.965. The average Bonchev–Trinajstić information content (AvgIpc) is 2.82. The second kappa shape index (κ2) is 9.10. The summed E-state index contributed by atoms with van der Waals surface area (Å²) in [6, 6.07) is 9.03. The van der Waals surface area contributed by atoms with Crippen LogP contribution in [0.25, 0.3) is 0 Å². The first-order valence-corrected chi connectivity index (χ1v) is 11.6. The van der Waals surface area contributed by atoms with Crippen molar-refractivity contribution in [2.45, 2.75) is 11.1 Å². The number of carbonyl (C=O) groups is 1. The monoisotopic (exact) mass is 486 g/mol. The quantitative estimate of drug-likeness (QED) is 0.645. The Kier molecular flexibility index (Phi) is 6.39. The van der Waals surface area contributed by atoms with E-state index >= 15 is 0 Å². The minimum absolute atomic E-state index is 0.0433. The molecule has 2 aromatic rings. The zero-order chi connectivity index (χ0) is 23.6. The molecule has 4 rings (SSSR count). The summed E-state index contributed by atoms with van der Waals surface area (Å²) in [6.07, 6.45) is -4.60. The van der Waals surface area contributed by atoms with Crippen molar-refractivity contribution in [1.29, 1.82) is 0 Å². The third-order valence-corrected chi connectivity index (χ3v) is 7.18. The Morgan fingerprint density at radius 1 is 0.970 bits per heavy atom. The number of benzene rings is 2. The molecule has 0 spiro atoms. The Morgan fingerprint density at radius 2 is 1.64 bits per heavy atom. The fraction of sp³-hybridized carbons (Fsp3) is 0.381. The van der Waals surface area contributed by atoms with Crippen LogP contribution in [-0.2, 0) is 21.0 Å². The van der Waals surface area contributed by atoms with Crippen LogP contribution in [0.2, 0.25) is 0 Å². The zero-order valence-corrected chi connectivity index (χ0v) is 18.2. The van der Waals surface area contributed by atoms with Crippen LogP contribution in [0.1, 0.15) is 5.56 Å². The topological polar surface area (TPSA) is 85.4 Å². The van der Waals surface area contributed by atoms with Gasteiger partial charge in [0.1, 0.15) is 19.0 Å². The van der Waals surface area contributed by atoms with E-state index in [1.807, 2.05) is 0 Å². The molecule has 2 aromatic carbocycles. The first-order chi connectivity index (χ1) is 15.7. The van der Waals surface area contributed by atoms with Crippen molar-refractivity contribution < 1.29 is 40.6 Å². The number of para-hydroxylation sites is 1. The van der Waals surface area contributed by atoms with E-state index in [4.69, 9.17) is 14.2 Å². The molecule has 0 bridgehead atoms. The number of rotatable bonds is 5. The number of sulfonamides is 1. The van der Waals surface area contributed by atoms with Crippen molar-refractivity contribution in [2.75, 3.05) is 46.0 Å². The van der Waals surface area contributed by atoms with Gasteiger partial charge < -0.3 is 19.1 Å². The van der Waals surface area contributed by atoms with E-state index in [-0.39, 0.29) is 31.1 Å². The van der Waals surface area contributed by atoms with Crippen LogP contribution in [0.3, 0.4) is 0 Å². The standard InChI is InChI=1S/C21H21F3N2O6S/c22-21(23,24)16-3-1-2-4-17(16)32-14-20(27)25-7-9-26(10-8-25)33(28,29)15-5-6-18-19(13-15)31-12-11-30-18/h1-6,13H,7-12,14H2. The van der Waals surface area contributed by atoms with Crippen molar-refractivity contribution >= 4 is 15.9 Å². The van der Waals surface area contributed by atoms with Crippen LogP contribution >= 0.6 is 0 Å². The van der Waals surface area contributed by atoms with E-state index < -0.39 is 40.0 Å². The summed E-state index contributed by atoms with van der Waals surface area (Å²) in [5.74, 6) is -0.128. The van der Waals surface area contributed by atoms with E-state index in [2.05, 4.69) is 0 Å². The molecular weight excluding hydrogens is 465 g/mol. The molecule has 0 saturated carbocycles. The van der Waals surface area contributed by atoms with Gasteiger partial charge >= 0.3 is 6.18 Å². The highest BCUT2D eigenvalue weighted by Gasteiger charge is 2.35. The van der Waals surface area contributed by atoms with Crippen molar-refractivity contribution in [3.63, 3.8) is 0 Å². The number of hydrogen-bond acceptors (Lipinski definition) is 6. The molecule has 0 N–H and O–H groups in total. The normalized spacial score (nSPS) is 17.0.